The van der Waals surface area contributed by atoms with Crippen LogP contribution < -0.4 is 5.73 Å². The van der Waals surface area contributed by atoms with E-state index in [9.17, 15) is 0 Å². The maximum Gasteiger partial charge on any atom is 0.0827 e. The zero-order valence-corrected chi connectivity index (χ0v) is 9.69. The van der Waals surface area contributed by atoms with E-state index in [1.54, 1.807) is 0 Å². The predicted octanol–water partition coefficient (Wildman–Crippen LogP) is 0.121. The molecule has 0 atom stereocenters. The molecule has 0 saturated heterocycles. The Morgan fingerprint density at radius 2 is 2.20 bits per heavy atom. The minimum Gasteiger partial charge on any atom is -0.330 e. The Bertz CT molecular complexity index is 269. The molecule has 0 aliphatic heterocycles. The van der Waals surface area contributed by atoms with Crippen LogP contribution >= 0.6 is 0 Å². The van der Waals surface area contributed by atoms with E-state index in [1.165, 1.54) is 0 Å². The number of aryl methyl sites for hydroxylation is 2. The fourth-order valence-electron chi connectivity index (χ4n) is 1.39. The monoisotopic (exact) mass is 211 g/mol. The van der Waals surface area contributed by atoms with Crippen molar-refractivity contribution in [2.75, 3.05) is 27.2 Å². The third-order valence-corrected chi connectivity index (χ3v) is 2.22. The quantitative estimate of drug-likeness (QED) is 0.696. The van der Waals surface area contributed by atoms with Gasteiger partial charge in [-0.3, -0.25) is 4.68 Å². The molecule has 0 aliphatic carbocycles. The maximum absolute atomic E-state index is 5.44. The van der Waals surface area contributed by atoms with Gasteiger partial charge in [0.15, 0.2) is 0 Å². The van der Waals surface area contributed by atoms with Crippen LogP contribution in [0.5, 0.6) is 0 Å². The van der Waals surface area contributed by atoms with E-state index in [2.05, 4.69) is 29.3 Å². The van der Waals surface area contributed by atoms with E-state index in [1.807, 2.05) is 10.9 Å². The molecule has 5 nitrogen and oxygen atoms in total. The van der Waals surface area contributed by atoms with Crippen molar-refractivity contribution in [3.8, 4) is 0 Å². The summed E-state index contributed by atoms with van der Waals surface area (Å²) in [7, 11) is 4.15. The van der Waals surface area contributed by atoms with Gasteiger partial charge < -0.3 is 10.6 Å². The van der Waals surface area contributed by atoms with Crippen molar-refractivity contribution < 1.29 is 0 Å². The van der Waals surface area contributed by atoms with Gasteiger partial charge in [0.2, 0.25) is 0 Å². The first-order chi connectivity index (χ1) is 7.22. The van der Waals surface area contributed by atoms with Crippen LogP contribution in [-0.4, -0.2) is 47.1 Å². The van der Waals surface area contributed by atoms with Crippen LogP contribution in [0.4, 0.5) is 0 Å². The molecule has 0 radical (unpaired) electrons. The average molecular weight is 211 g/mol. The van der Waals surface area contributed by atoms with Gasteiger partial charge in [-0.15, -0.1) is 5.10 Å². The molecule has 1 aromatic heterocycles. The Balaban J connectivity index is 2.26. The summed E-state index contributed by atoms with van der Waals surface area (Å²) in [6.45, 7) is 2.74. The van der Waals surface area contributed by atoms with Crippen LogP contribution in [0.25, 0.3) is 0 Å². The van der Waals surface area contributed by atoms with E-state index in [4.69, 9.17) is 5.73 Å². The van der Waals surface area contributed by atoms with Crippen molar-refractivity contribution in [3.05, 3.63) is 11.9 Å². The normalized spacial score (nSPS) is 11.2. The first kappa shape index (κ1) is 12.1. The SMILES string of the molecule is CN(C)CCCn1cc(CCCN)nn1. The summed E-state index contributed by atoms with van der Waals surface area (Å²) in [4.78, 5) is 2.17. The minimum absolute atomic E-state index is 0.716. The van der Waals surface area contributed by atoms with Crippen molar-refractivity contribution >= 4 is 0 Å². The van der Waals surface area contributed by atoms with Crippen molar-refractivity contribution in [2.24, 2.45) is 5.73 Å². The third kappa shape index (κ3) is 4.90. The molecule has 1 aromatic rings. The Labute approximate surface area is 91.2 Å². The summed E-state index contributed by atoms with van der Waals surface area (Å²) in [6.07, 6.45) is 5.04. The Morgan fingerprint density at radius 3 is 2.87 bits per heavy atom. The van der Waals surface area contributed by atoms with Gasteiger partial charge in [-0.25, -0.2) is 0 Å². The lowest BCUT2D eigenvalue weighted by Crippen LogP contribution is -2.15. The highest BCUT2D eigenvalue weighted by Crippen LogP contribution is 1.98. The second-order valence-electron chi connectivity index (χ2n) is 4.02. The number of nitrogens with zero attached hydrogens (tertiary/aromatic N) is 4. The molecule has 1 rings (SSSR count). The van der Waals surface area contributed by atoms with E-state index >= 15 is 0 Å². The second kappa shape index (κ2) is 6.53. The van der Waals surface area contributed by atoms with E-state index in [0.717, 1.165) is 38.0 Å². The second-order valence-corrected chi connectivity index (χ2v) is 4.02. The highest BCUT2D eigenvalue weighted by atomic mass is 15.4. The molecule has 0 aromatic carbocycles. The molecule has 1 heterocycles. The number of aromatic nitrogens is 3. The van der Waals surface area contributed by atoms with Gasteiger partial charge in [0, 0.05) is 12.7 Å². The van der Waals surface area contributed by atoms with Crippen LogP contribution in [0.1, 0.15) is 18.5 Å². The van der Waals surface area contributed by atoms with Gasteiger partial charge in [-0.2, -0.15) is 0 Å². The number of hydrogen-bond donors (Lipinski definition) is 1. The van der Waals surface area contributed by atoms with Gasteiger partial charge in [-0.1, -0.05) is 5.21 Å². The maximum atomic E-state index is 5.44. The summed E-state index contributed by atoms with van der Waals surface area (Å²) >= 11 is 0. The third-order valence-electron chi connectivity index (χ3n) is 2.22. The first-order valence-electron chi connectivity index (χ1n) is 5.46. The summed E-state index contributed by atoms with van der Waals surface area (Å²) in [5.41, 5.74) is 6.48. The van der Waals surface area contributed by atoms with Crippen molar-refractivity contribution in [1.29, 1.82) is 0 Å². The topological polar surface area (TPSA) is 60.0 Å². The molecule has 0 amide bonds. The van der Waals surface area contributed by atoms with Crippen molar-refractivity contribution in [1.82, 2.24) is 19.9 Å². The smallest absolute Gasteiger partial charge is 0.0827 e. The Morgan fingerprint density at radius 1 is 1.40 bits per heavy atom. The van der Waals surface area contributed by atoms with Crippen LogP contribution in [0.15, 0.2) is 6.20 Å². The number of rotatable bonds is 7. The zero-order chi connectivity index (χ0) is 11.1. The Kier molecular flexibility index (Phi) is 5.28. The highest BCUT2D eigenvalue weighted by Gasteiger charge is 2.00. The van der Waals surface area contributed by atoms with Gasteiger partial charge in [0.1, 0.15) is 0 Å². The lowest BCUT2D eigenvalue weighted by atomic mass is 10.2. The van der Waals surface area contributed by atoms with E-state index < -0.39 is 0 Å². The molecule has 0 saturated carbocycles. The molecule has 5 heteroatoms. The van der Waals surface area contributed by atoms with Gasteiger partial charge >= 0.3 is 0 Å². The van der Waals surface area contributed by atoms with Gasteiger partial charge in [0.05, 0.1) is 5.69 Å². The molecule has 0 aliphatic rings. The first-order valence-corrected chi connectivity index (χ1v) is 5.46. The van der Waals surface area contributed by atoms with Crippen LogP contribution in [0, 0.1) is 0 Å². The lowest BCUT2D eigenvalue weighted by molar-refractivity contribution is 0.379. The van der Waals surface area contributed by atoms with Crippen molar-refractivity contribution in [2.45, 2.75) is 25.8 Å². The molecule has 0 bridgehead atoms. The van der Waals surface area contributed by atoms with Crippen molar-refractivity contribution in [3.63, 3.8) is 0 Å². The lowest BCUT2D eigenvalue weighted by Gasteiger charge is -2.08. The molecule has 2 N–H and O–H groups in total. The predicted molar refractivity (Wildman–Crippen MR) is 60.6 cm³/mol. The molecular weight excluding hydrogens is 190 g/mol. The molecule has 0 fully saturated rings. The Hall–Kier alpha value is -0.940. The molecule has 0 unspecified atom stereocenters. The number of nitrogens with two attached hydrogens (primary N) is 1. The highest BCUT2D eigenvalue weighted by molar-refractivity contribution is 4.92. The van der Waals surface area contributed by atoms with E-state index in [0.29, 0.717) is 6.54 Å². The summed E-state index contributed by atoms with van der Waals surface area (Å²) in [6, 6.07) is 0. The molecular formula is C10H21N5. The molecule has 86 valence electrons. The van der Waals surface area contributed by atoms with Gasteiger partial charge in [0.25, 0.3) is 0 Å². The van der Waals surface area contributed by atoms with Crippen LogP contribution in [0.3, 0.4) is 0 Å². The summed E-state index contributed by atoms with van der Waals surface area (Å²) < 4.78 is 1.91. The van der Waals surface area contributed by atoms with E-state index in [-0.39, 0.29) is 0 Å². The minimum atomic E-state index is 0.716. The largest absolute Gasteiger partial charge is 0.330 e. The van der Waals surface area contributed by atoms with Gasteiger partial charge in [-0.05, 0) is 46.4 Å². The number of hydrogen-bond acceptors (Lipinski definition) is 4. The molecule has 15 heavy (non-hydrogen) atoms. The average Bonchev–Trinajstić information content (AvgIpc) is 2.62. The standard InChI is InChI=1S/C10H21N5/c1-14(2)7-4-8-15-9-10(12-13-15)5-3-6-11/h9H,3-8,11H2,1-2H3. The summed E-state index contributed by atoms with van der Waals surface area (Å²) in [5, 5.41) is 8.17. The van der Waals surface area contributed by atoms with Crippen LogP contribution in [-0.2, 0) is 13.0 Å². The zero-order valence-electron chi connectivity index (χ0n) is 9.69. The summed E-state index contributed by atoms with van der Waals surface area (Å²) in [5.74, 6) is 0. The fourth-order valence-corrected chi connectivity index (χ4v) is 1.39. The fraction of sp³-hybridized carbons (Fsp3) is 0.800. The van der Waals surface area contributed by atoms with Crippen LogP contribution in [0.2, 0.25) is 0 Å². The molecule has 0 spiro atoms.